The Morgan fingerprint density at radius 3 is 2.55 bits per heavy atom. The fourth-order valence-electron chi connectivity index (χ4n) is 4.03. The van der Waals surface area contributed by atoms with Gasteiger partial charge in [-0.2, -0.15) is 0 Å². The molecule has 4 rings (SSSR count). The van der Waals surface area contributed by atoms with Crippen LogP contribution in [0.5, 0.6) is 0 Å². The number of hydrogen-bond acceptors (Lipinski definition) is 5. The maximum Gasteiger partial charge on any atom is 0.289 e. The molecule has 33 heavy (non-hydrogen) atoms. The second-order valence-corrected chi connectivity index (χ2v) is 9.13. The first-order valence-corrected chi connectivity index (χ1v) is 11.9. The van der Waals surface area contributed by atoms with Crippen LogP contribution in [-0.4, -0.2) is 33.6 Å². The van der Waals surface area contributed by atoms with Crippen LogP contribution in [0.25, 0.3) is 0 Å². The van der Waals surface area contributed by atoms with Crippen molar-refractivity contribution < 1.29 is 23.6 Å². The lowest BCUT2D eigenvalue weighted by Gasteiger charge is -2.21. The van der Waals surface area contributed by atoms with Gasteiger partial charge in [0.05, 0.1) is 18.0 Å². The Morgan fingerprint density at radius 1 is 1.03 bits per heavy atom. The number of anilines is 2. The number of benzene rings is 2. The summed E-state index contributed by atoms with van der Waals surface area (Å²) in [5.74, 6) is -1.45. The first kappa shape index (κ1) is 23.0. The number of carbonyl (C=O) groups is 4. The van der Waals surface area contributed by atoms with E-state index in [9.17, 15) is 23.6 Å². The molecule has 4 amide bonds. The molecule has 2 aromatic carbocycles. The normalized spacial score (nSPS) is 16.7. The lowest BCUT2D eigenvalue weighted by atomic mass is 9.88. The van der Waals surface area contributed by atoms with Crippen molar-refractivity contribution in [1.82, 2.24) is 4.90 Å². The van der Waals surface area contributed by atoms with Crippen LogP contribution in [-0.2, 0) is 16.1 Å². The van der Waals surface area contributed by atoms with Crippen molar-refractivity contribution in [2.75, 3.05) is 16.4 Å². The molecule has 7 nitrogen and oxygen atoms in total. The van der Waals surface area contributed by atoms with Crippen LogP contribution in [0.1, 0.15) is 48.0 Å². The predicted molar refractivity (Wildman–Crippen MR) is 124 cm³/mol. The van der Waals surface area contributed by atoms with Gasteiger partial charge in [0.2, 0.25) is 11.8 Å². The zero-order valence-corrected chi connectivity index (χ0v) is 18.8. The molecule has 0 bridgehead atoms. The van der Waals surface area contributed by atoms with Gasteiger partial charge in [-0.1, -0.05) is 43.2 Å². The van der Waals surface area contributed by atoms with Gasteiger partial charge in [-0.15, -0.1) is 0 Å². The maximum atomic E-state index is 14.3. The Balaban J connectivity index is 1.43. The van der Waals surface area contributed by atoms with Crippen LogP contribution >= 0.6 is 11.8 Å². The summed E-state index contributed by atoms with van der Waals surface area (Å²) in [6, 6.07) is 10.6. The van der Waals surface area contributed by atoms with Crippen LogP contribution in [0.3, 0.4) is 0 Å². The number of imide groups is 1. The fraction of sp³-hybridized carbons (Fsp3) is 0.333. The lowest BCUT2D eigenvalue weighted by molar-refractivity contribution is -0.125. The van der Waals surface area contributed by atoms with Gasteiger partial charge in [0, 0.05) is 17.2 Å². The number of rotatable bonds is 6. The van der Waals surface area contributed by atoms with Crippen LogP contribution in [0, 0.1) is 11.7 Å². The minimum absolute atomic E-state index is 0.0284. The van der Waals surface area contributed by atoms with Crippen LogP contribution in [0.15, 0.2) is 42.5 Å². The van der Waals surface area contributed by atoms with Crippen molar-refractivity contribution in [3.8, 4) is 0 Å². The Morgan fingerprint density at radius 2 is 1.82 bits per heavy atom. The van der Waals surface area contributed by atoms with Gasteiger partial charge in [-0.25, -0.2) is 4.39 Å². The van der Waals surface area contributed by atoms with E-state index in [1.54, 1.807) is 24.3 Å². The number of thioether (sulfide) groups is 1. The highest BCUT2D eigenvalue weighted by molar-refractivity contribution is 8.14. The highest BCUT2D eigenvalue weighted by Gasteiger charge is 2.29. The van der Waals surface area contributed by atoms with Gasteiger partial charge in [0.25, 0.3) is 11.1 Å². The molecule has 0 atom stereocenters. The quantitative estimate of drug-likeness (QED) is 0.634. The van der Waals surface area contributed by atoms with E-state index in [-0.39, 0.29) is 41.0 Å². The van der Waals surface area contributed by atoms with E-state index in [0.29, 0.717) is 16.8 Å². The van der Waals surface area contributed by atoms with E-state index >= 15 is 0 Å². The number of carbonyl (C=O) groups excluding carboxylic acids is 4. The number of halogens is 1. The number of nitrogens with one attached hydrogen (secondary N) is 2. The van der Waals surface area contributed by atoms with E-state index in [0.717, 1.165) is 48.8 Å². The van der Waals surface area contributed by atoms with E-state index in [1.807, 2.05) is 0 Å². The molecule has 1 heterocycles. The summed E-state index contributed by atoms with van der Waals surface area (Å²) >= 11 is 0.958. The highest BCUT2D eigenvalue weighted by Crippen LogP contribution is 2.27. The average Bonchev–Trinajstić information content (AvgIpc) is 3.14. The standard InChI is InChI=1S/C24H24FN3O4S/c25-19-10-9-18(12-20(19)27-22(30)16-6-2-1-3-7-16)26-23(31)17-8-4-5-15(11-17)13-28-21(29)14-33-24(28)32/h4-5,8-12,16H,1-3,6-7,13-14H2,(H,26,31)(H,27,30). The van der Waals surface area contributed by atoms with Crippen LogP contribution in [0.2, 0.25) is 0 Å². The molecule has 9 heteroatoms. The van der Waals surface area contributed by atoms with Crippen molar-refractivity contribution in [3.05, 3.63) is 59.4 Å². The third kappa shape index (κ3) is 5.60. The molecule has 1 saturated carbocycles. The molecule has 1 aliphatic heterocycles. The Hall–Kier alpha value is -3.20. The lowest BCUT2D eigenvalue weighted by Crippen LogP contribution is -2.28. The maximum absolute atomic E-state index is 14.3. The Labute approximate surface area is 195 Å². The van der Waals surface area contributed by atoms with E-state index in [4.69, 9.17) is 0 Å². The Bertz CT molecular complexity index is 1080. The summed E-state index contributed by atoms with van der Waals surface area (Å²) in [4.78, 5) is 50.0. The highest BCUT2D eigenvalue weighted by atomic mass is 32.2. The van der Waals surface area contributed by atoms with Gasteiger partial charge < -0.3 is 10.6 Å². The minimum atomic E-state index is -0.572. The van der Waals surface area contributed by atoms with Crippen LogP contribution < -0.4 is 10.6 Å². The zero-order chi connectivity index (χ0) is 23.4. The molecule has 1 saturated heterocycles. The van der Waals surface area contributed by atoms with Crippen molar-refractivity contribution >= 4 is 46.1 Å². The largest absolute Gasteiger partial charge is 0.323 e. The molecule has 0 aromatic heterocycles. The predicted octanol–water partition coefficient (Wildman–Crippen LogP) is 4.79. The first-order valence-electron chi connectivity index (χ1n) is 10.9. The molecular weight excluding hydrogens is 445 g/mol. The molecule has 2 aliphatic rings. The number of nitrogens with zero attached hydrogens (tertiary/aromatic N) is 1. The molecular formula is C24H24FN3O4S. The van der Waals surface area contributed by atoms with E-state index in [2.05, 4.69) is 10.6 Å². The van der Waals surface area contributed by atoms with Gasteiger partial charge in [0.15, 0.2) is 0 Å². The molecule has 0 spiro atoms. The van der Waals surface area contributed by atoms with E-state index < -0.39 is 11.7 Å². The van der Waals surface area contributed by atoms with Gasteiger partial charge in [-0.3, -0.25) is 24.1 Å². The smallest absolute Gasteiger partial charge is 0.289 e. The summed E-state index contributed by atoms with van der Waals surface area (Å²) in [6.07, 6.45) is 4.70. The SMILES string of the molecule is O=C(Nc1ccc(F)c(NC(=O)C2CCCCC2)c1)c1cccc(CN2C(=O)CSC2=O)c1. The average molecular weight is 470 g/mol. The third-order valence-corrected chi connectivity index (χ3v) is 6.69. The molecule has 2 N–H and O–H groups in total. The summed E-state index contributed by atoms with van der Waals surface area (Å²) in [5, 5.41) is 5.06. The van der Waals surface area contributed by atoms with Crippen molar-refractivity contribution in [1.29, 1.82) is 0 Å². The molecule has 0 unspecified atom stereocenters. The van der Waals surface area contributed by atoms with Crippen LogP contribution in [0.4, 0.5) is 20.6 Å². The molecule has 2 aromatic rings. The third-order valence-electron chi connectivity index (χ3n) is 5.83. The zero-order valence-electron chi connectivity index (χ0n) is 17.9. The molecule has 0 radical (unpaired) electrons. The Kier molecular flexibility index (Phi) is 7.08. The van der Waals surface area contributed by atoms with Crippen molar-refractivity contribution in [2.24, 2.45) is 5.92 Å². The second kappa shape index (κ2) is 10.2. The monoisotopic (exact) mass is 469 g/mol. The molecule has 1 aliphatic carbocycles. The van der Waals surface area contributed by atoms with Gasteiger partial charge in [0.1, 0.15) is 5.82 Å². The number of hydrogen-bond donors (Lipinski definition) is 2. The first-order chi connectivity index (χ1) is 15.9. The summed E-state index contributed by atoms with van der Waals surface area (Å²) in [6.45, 7) is 0.0969. The molecule has 172 valence electrons. The topological polar surface area (TPSA) is 95.6 Å². The van der Waals surface area contributed by atoms with E-state index in [1.165, 1.54) is 18.2 Å². The van der Waals surface area contributed by atoms with Gasteiger partial charge >= 0.3 is 0 Å². The minimum Gasteiger partial charge on any atom is -0.323 e. The number of amides is 4. The summed E-state index contributed by atoms with van der Waals surface area (Å²) < 4.78 is 14.3. The van der Waals surface area contributed by atoms with Crippen molar-refractivity contribution in [2.45, 2.75) is 38.6 Å². The van der Waals surface area contributed by atoms with Crippen molar-refractivity contribution in [3.63, 3.8) is 0 Å². The fourth-order valence-corrected chi connectivity index (χ4v) is 4.75. The molecule has 2 fully saturated rings. The summed E-state index contributed by atoms with van der Waals surface area (Å²) in [5.41, 5.74) is 1.34. The summed E-state index contributed by atoms with van der Waals surface area (Å²) in [7, 11) is 0. The second-order valence-electron chi connectivity index (χ2n) is 8.21. The van der Waals surface area contributed by atoms with Gasteiger partial charge in [-0.05, 0) is 48.7 Å².